The van der Waals surface area contributed by atoms with E-state index in [0.717, 1.165) is 16.5 Å². The van der Waals surface area contributed by atoms with Gasteiger partial charge in [0.2, 0.25) is 11.8 Å². The van der Waals surface area contributed by atoms with E-state index in [4.69, 9.17) is 0 Å². The average molecular weight is 448 g/mol. The quantitative estimate of drug-likeness (QED) is 0.570. The molecular weight excluding hydrogens is 421 g/mol. The summed E-state index contributed by atoms with van der Waals surface area (Å²) in [5.74, 6) is -1.09. The Bertz CT molecular complexity index is 1220. The molecule has 3 amide bonds. The van der Waals surface area contributed by atoms with Crippen molar-refractivity contribution in [2.75, 3.05) is 18.5 Å². The van der Waals surface area contributed by atoms with Gasteiger partial charge in [0.05, 0.1) is 5.69 Å². The fraction of sp³-hybridized carbons (Fsp3) is 0.269. The van der Waals surface area contributed by atoms with Crippen LogP contribution in [0, 0.1) is 5.82 Å². The van der Waals surface area contributed by atoms with E-state index in [1.54, 1.807) is 30.0 Å². The zero-order chi connectivity index (χ0) is 23.5. The second-order valence-electron chi connectivity index (χ2n) is 8.14. The highest BCUT2D eigenvalue weighted by molar-refractivity contribution is 6.25. The van der Waals surface area contributed by atoms with Crippen LogP contribution in [-0.2, 0) is 16.1 Å². The molecule has 1 aliphatic heterocycles. The number of carbonyl (C=O) groups is 3. The highest BCUT2D eigenvalue weighted by Crippen LogP contribution is 2.37. The van der Waals surface area contributed by atoms with Crippen molar-refractivity contribution < 1.29 is 18.8 Å². The summed E-state index contributed by atoms with van der Waals surface area (Å²) in [6.07, 6.45) is 0.551. The number of nitrogens with one attached hydrogen (secondary N) is 1. The summed E-state index contributed by atoms with van der Waals surface area (Å²) in [5.41, 5.74) is 1.87. The Balaban J connectivity index is 1.47. The molecule has 1 heterocycles. The maximum Gasteiger partial charge on any atom is 0.258 e. The van der Waals surface area contributed by atoms with Gasteiger partial charge in [0.25, 0.3) is 5.91 Å². The fourth-order valence-electron chi connectivity index (χ4n) is 4.33. The van der Waals surface area contributed by atoms with Crippen molar-refractivity contribution in [2.45, 2.75) is 32.4 Å². The number of nitrogens with zero attached hydrogens (tertiary/aromatic N) is 2. The van der Waals surface area contributed by atoms with Gasteiger partial charge in [-0.25, -0.2) is 4.39 Å². The minimum absolute atomic E-state index is 0.00646. The molecule has 33 heavy (non-hydrogen) atoms. The first-order valence-corrected chi connectivity index (χ1v) is 11.0. The Morgan fingerprint density at radius 1 is 1.06 bits per heavy atom. The van der Waals surface area contributed by atoms with Gasteiger partial charge in [-0.1, -0.05) is 42.5 Å². The molecule has 4 rings (SSSR count). The van der Waals surface area contributed by atoms with Crippen LogP contribution in [0.3, 0.4) is 0 Å². The van der Waals surface area contributed by atoms with Crippen LogP contribution in [0.4, 0.5) is 10.1 Å². The molecule has 0 aromatic heterocycles. The molecule has 0 fully saturated rings. The molecule has 0 aliphatic carbocycles. The molecule has 1 atom stereocenters. The number of amides is 3. The number of benzene rings is 3. The minimum atomic E-state index is -0.756. The SMILES string of the molecule is CNC(=O)C(C)N(Cc1ccccc1F)C(=O)CCCN1C(=O)c2cccc3cccc1c23. The van der Waals surface area contributed by atoms with E-state index in [2.05, 4.69) is 5.32 Å². The average Bonchev–Trinajstić information content (AvgIpc) is 3.10. The van der Waals surface area contributed by atoms with Gasteiger partial charge in [0.15, 0.2) is 0 Å². The fourth-order valence-corrected chi connectivity index (χ4v) is 4.33. The molecular formula is C26H26FN3O3. The molecule has 0 bridgehead atoms. The summed E-state index contributed by atoms with van der Waals surface area (Å²) in [6, 6.07) is 16.9. The predicted octanol–water partition coefficient (Wildman–Crippen LogP) is 3.88. The van der Waals surface area contributed by atoms with Gasteiger partial charge in [-0.15, -0.1) is 0 Å². The zero-order valence-corrected chi connectivity index (χ0v) is 18.7. The molecule has 0 spiro atoms. The molecule has 0 saturated heterocycles. The second-order valence-corrected chi connectivity index (χ2v) is 8.14. The van der Waals surface area contributed by atoms with E-state index in [0.29, 0.717) is 24.1 Å². The van der Waals surface area contributed by atoms with Crippen LogP contribution in [0.2, 0.25) is 0 Å². The van der Waals surface area contributed by atoms with Gasteiger partial charge in [0, 0.05) is 43.1 Å². The summed E-state index contributed by atoms with van der Waals surface area (Å²) >= 11 is 0. The number of halogens is 1. The summed E-state index contributed by atoms with van der Waals surface area (Å²) < 4.78 is 14.2. The van der Waals surface area contributed by atoms with Gasteiger partial charge in [-0.05, 0) is 36.9 Å². The highest BCUT2D eigenvalue weighted by Gasteiger charge is 2.30. The van der Waals surface area contributed by atoms with E-state index >= 15 is 0 Å². The smallest absolute Gasteiger partial charge is 0.258 e. The van der Waals surface area contributed by atoms with Gasteiger partial charge in [0.1, 0.15) is 11.9 Å². The standard InChI is InChI=1S/C26H26FN3O3/c1-17(25(32)28-2)30(16-19-8-3-4-12-21(19)27)23(31)14-7-15-29-22-13-6-10-18-9-5-11-20(24(18)22)26(29)33/h3-6,8-13,17H,7,14-16H2,1-2H3,(H,28,32). The van der Waals surface area contributed by atoms with E-state index in [1.165, 1.54) is 18.0 Å². The lowest BCUT2D eigenvalue weighted by Gasteiger charge is -2.29. The number of carbonyl (C=O) groups excluding carboxylic acids is 3. The number of likely N-dealkylation sites (N-methyl/N-ethyl adjacent to an activating group) is 1. The Kier molecular flexibility index (Phi) is 6.40. The topological polar surface area (TPSA) is 69.7 Å². The first-order valence-electron chi connectivity index (χ1n) is 11.0. The maximum atomic E-state index is 14.2. The molecule has 6 nitrogen and oxygen atoms in total. The van der Waals surface area contributed by atoms with Crippen LogP contribution in [0.25, 0.3) is 10.8 Å². The third-order valence-corrected chi connectivity index (χ3v) is 6.13. The lowest BCUT2D eigenvalue weighted by Crippen LogP contribution is -2.47. The number of rotatable bonds is 8. The van der Waals surface area contributed by atoms with Crippen molar-refractivity contribution in [1.82, 2.24) is 10.2 Å². The lowest BCUT2D eigenvalue weighted by atomic mass is 10.1. The summed E-state index contributed by atoms with van der Waals surface area (Å²) in [6.45, 7) is 1.99. The molecule has 0 radical (unpaired) electrons. The van der Waals surface area contributed by atoms with Crippen molar-refractivity contribution in [3.05, 3.63) is 77.6 Å². The van der Waals surface area contributed by atoms with Gasteiger partial charge >= 0.3 is 0 Å². The third kappa shape index (κ3) is 4.31. The molecule has 3 aromatic carbocycles. The molecule has 1 N–H and O–H groups in total. The first-order chi connectivity index (χ1) is 15.9. The van der Waals surface area contributed by atoms with Crippen molar-refractivity contribution in [3.8, 4) is 0 Å². The summed E-state index contributed by atoms with van der Waals surface area (Å²) in [4.78, 5) is 41.4. The highest BCUT2D eigenvalue weighted by atomic mass is 19.1. The van der Waals surface area contributed by atoms with Crippen LogP contribution in [0.5, 0.6) is 0 Å². The lowest BCUT2D eigenvalue weighted by molar-refractivity contribution is -0.140. The summed E-state index contributed by atoms with van der Waals surface area (Å²) in [7, 11) is 1.50. The Hall–Kier alpha value is -3.74. The van der Waals surface area contributed by atoms with Crippen molar-refractivity contribution >= 4 is 34.2 Å². The van der Waals surface area contributed by atoms with Gasteiger partial charge in [-0.3, -0.25) is 14.4 Å². The normalized spacial score (nSPS) is 13.3. The van der Waals surface area contributed by atoms with Crippen LogP contribution in [-0.4, -0.2) is 42.3 Å². The van der Waals surface area contributed by atoms with Crippen molar-refractivity contribution in [1.29, 1.82) is 0 Å². The second kappa shape index (κ2) is 9.40. The first kappa shape index (κ1) is 22.5. The molecule has 7 heteroatoms. The molecule has 1 aliphatic rings. The maximum absolute atomic E-state index is 14.2. The van der Waals surface area contributed by atoms with E-state index in [1.807, 2.05) is 36.4 Å². The minimum Gasteiger partial charge on any atom is -0.357 e. The summed E-state index contributed by atoms with van der Waals surface area (Å²) in [5, 5.41) is 4.49. The predicted molar refractivity (Wildman–Crippen MR) is 125 cm³/mol. The number of hydrogen-bond donors (Lipinski definition) is 1. The molecule has 0 saturated carbocycles. The Labute approximate surface area is 192 Å². The van der Waals surface area contributed by atoms with E-state index in [9.17, 15) is 18.8 Å². The van der Waals surface area contributed by atoms with E-state index < -0.39 is 11.9 Å². The van der Waals surface area contributed by atoms with Crippen molar-refractivity contribution in [3.63, 3.8) is 0 Å². The molecule has 1 unspecified atom stereocenters. The van der Waals surface area contributed by atoms with Gasteiger partial charge < -0.3 is 15.1 Å². The Morgan fingerprint density at radius 3 is 2.52 bits per heavy atom. The Morgan fingerprint density at radius 2 is 1.79 bits per heavy atom. The number of anilines is 1. The monoisotopic (exact) mass is 447 g/mol. The van der Waals surface area contributed by atoms with Gasteiger partial charge in [-0.2, -0.15) is 0 Å². The third-order valence-electron chi connectivity index (χ3n) is 6.13. The van der Waals surface area contributed by atoms with Crippen LogP contribution >= 0.6 is 0 Å². The molecule has 3 aromatic rings. The molecule has 170 valence electrons. The van der Waals surface area contributed by atoms with E-state index in [-0.39, 0.29) is 30.7 Å². The van der Waals surface area contributed by atoms with Crippen LogP contribution in [0.1, 0.15) is 35.7 Å². The largest absolute Gasteiger partial charge is 0.357 e. The van der Waals surface area contributed by atoms with Crippen molar-refractivity contribution in [2.24, 2.45) is 0 Å². The number of hydrogen-bond acceptors (Lipinski definition) is 3. The van der Waals surface area contributed by atoms with Crippen LogP contribution < -0.4 is 10.2 Å². The van der Waals surface area contributed by atoms with Crippen LogP contribution in [0.15, 0.2) is 60.7 Å². The zero-order valence-electron chi connectivity index (χ0n) is 18.7.